The van der Waals surface area contributed by atoms with Gasteiger partial charge in [-0.1, -0.05) is 17.7 Å². The fourth-order valence-electron chi connectivity index (χ4n) is 3.73. The molecule has 0 radical (unpaired) electrons. The maximum Gasteiger partial charge on any atom is 0.264 e. The van der Waals surface area contributed by atoms with Gasteiger partial charge in [0.1, 0.15) is 5.75 Å². The number of halogens is 1. The lowest BCUT2D eigenvalue weighted by molar-refractivity contribution is 0.0751. The summed E-state index contributed by atoms with van der Waals surface area (Å²) < 4.78 is 5.39. The van der Waals surface area contributed by atoms with E-state index < -0.39 is 0 Å². The van der Waals surface area contributed by atoms with Crippen LogP contribution in [0.1, 0.15) is 27.0 Å². The van der Waals surface area contributed by atoms with Gasteiger partial charge in [-0.2, -0.15) is 0 Å². The molecule has 10 heteroatoms. The summed E-state index contributed by atoms with van der Waals surface area (Å²) >= 11 is 12.9. The number of carbonyl (C=O) groups excluding carboxylic acids is 2. The number of carbonyl (C=O) groups is 2. The molecule has 2 aromatic carbocycles. The number of anilines is 2. The Labute approximate surface area is 218 Å². The van der Waals surface area contributed by atoms with E-state index in [0.29, 0.717) is 36.0 Å². The number of ether oxygens (including phenoxy) is 1. The van der Waals surface area contributed by atoms with Crippen molar-refractivity contribution in [3.8, 4) is 5.75 Å². The maximum atomic E-state index is 12.5. The fraction of sp³-hybridized carbons (Fsp3) is 0.240. The normalized spacial score (nSPS) is 13.3. The third kappa shape index (κ3) is 6.30. The Hall–Kier alpha value is -3.14. The average Bonchev–Trinajstić information content (AvgIpc) is 3.40. The number of rotatable bonds is 6. The van der Waals surface area contributed by atoms with Crippen molar-refractivity contribution >= 4 is 63.5 Å². The van der Waals surface area contributed by atoms with Gasteiger partial charge in [-0.05, 0) is 73.1 Å². The van der Waals surface area contributed by atoms with Crippen LogP contribution in [0.2, 0.25) is 5.02 Å². The molecule has 0 saturated carbocycles. The van der Waals surface area contributed by atoms with Crippen LogP contribution in [-0.2, 0) is 0 Å². The maximum absolute atomic E-state index is 12.5. The molecule has 1 fully saturated rings. The minimum atomic E-state index is -0.362. The van der Waals surface area contributed by atoms with Gasteiger partial charge >= 0.3 is 0 Å². The molecule has 35 heavy (non-hydrogen) atoms. The van der Waals surface area contributed by atoms with Crippen molar-refractivity contribution in [1.82, 2.24) is 10.2 Å². The Morgan fingerprint density at radius 3 is 2.46 bits per heavy atom. The molecule has 7 nitrogen and oxygen atoms in total. The van der Waals surface area contributed by atoms with Crippen LogP contribution in [0.5, 0.6) is 5.75 Å². The lowest BCUT2D eigenvalue weighted by atomic mass is 10.2. The highest BCUT2D eigenvalue weighted by Crippen LogP contribution is 2.25. The zero-order valence-corrected chi connectivity index (χ0v) is 21.5. The SMILES string of the molecule is CCOc1ccc(C(=O)NC(=S)Nc2ccc(N3CCN(C(=O)c4cccs4)CC3)cc2)cc1Cl. The van der Waals surface area contributed by atoms with Gasteiger partial charge in [0.15, 0.2) is 5.11 Å². The Morgan fingerprint density at radius 1 is 1.09 bits per heavy atom. The molecule has 2 amide bonds. The van der Waals surface area contributed by atoms with Crippen molar-refractivity contribution in [2.45, 2.75) is 6.92 Å². The minimum absolute atomic E-state index is 0.0993. The summed E-state index contributed by atoms with van der Waals surface area (Å²) in [5.41, 5.74) is 2.21. The molecule has 3 aromatic rings. The van der Waals surface area contributed by atoms with Gasteiger partial charge in [-0.3, -0.25) is 14.9 Å². The summed E-state index contributed by atoms with van der Waals surface area (Å²) in [6, 6.07) is 16.4. The van der Waals surface area contributed by atoms with E-state index in [9.17, 15) is 9.59 Å². The highest BCUT2D eigenvalue weighted by atomic mass is 35.5. The first-order chi connectivity index (χ1) is 16.9. The van der Waals surface area contributed by atoms with Gasteiger partial charge in [0, 0.05) is 43.1 Å². The summed E-state index contributed by atoms with van der Waals surface area (Å²) in [5, 5.41) is 8.17. The van der Waals surface area contributed by atoms with Crippen LogP contribution in [0.4, 0.5) is 11.4 Å². The van der Waals surface area contributed by atoms with Gasteiger partial charge in [0.2, 0.25) is 0 Å². The summed E-state index contributed by atoms with van der Waals surface area (Å²) in [7, 11) is 0. The molecule has 0 bridgehead atoms. The lowest BCUT2D eigenvalue weighted by Crippen LogP contribution is -2.48. The number of hydrogen-bond donors (Lipinski definition) is 2. The van der Waals surface area contributed by atoms with Crippen LogP contribution in [0.15, 0.2) is 60.0 Å². The van der Waals surface area contributed by atoms with Gasteiger partial charge in [0.25, 0.3) is 11.8 Å². The molecular weight excluding hydrogens is 504 g/mol. The third-order valence-electron chi connectivity index (χ3n) is 5.51. The molecular formula is C25H25ClN4O3S2. The lowest BCUT2D eigenvalue weighted by Gasteiger charge is -2.36. The molecule has 1 aliphatic rings. The van der Waals surface area contributed by atoms with Crippen molar-refractivity contribution in [1.29, 1.82) is 0 Å². The Balaban J connectivity index is 1.27. The largest absolute Gasteiger partial charge is 0.492 e. The molecule has 1 saturated heterocycles. The van der Waals surface area contributed by atoms with E-state index in [0.717, 1.165) is 29.3 Å². The molecule has 1 aliphatic heterocycles. The second-order valence-corrected chi connectivity index (χ2v) is 9.55. The minimum Gasteiger partial charge on any atom is -0.492 e. The summed E-state index contributed by atoms with van der Waals surface area (Å²) in [6.07, 6.45) is 0. The summed E-state index contributed by atoms with van der Waals surface area (Å²) in [4.78, 5) is 30.0. The van der Waals surface area contributed by atoms with E-state index in [4.69, 9.17) is 28.6 Å². The summed E-state index contributed by atoms with van der Waals surface area (Å²) in [5.74, 6) is 0.267. The predicted molar refractivity (Wildman–Crippen MR) is 145 cm³/mol. The smallest absolute Gasteiger partial charge is 0.264 e. The molecule has 0 unspecified atom stereocenters. The monoisotopic (exact) mass is 528 g/mol. The van der Waals surface area contributed by atoms with Crippen molar-refractivity contribution in [2.75, 3.05) is 43.0 Å². The first-order valence-corrected chi connectivity index (χ1v) is 12.8. The van der Waals surface area contributed by atoms with Crippen LogP contribution < -0.4 is 20.3 Å². The van der Waals surface area contributed by atoms with Gasteiger partial charge in [-0.15, -0.1) is 11.3 Å². The standard InChI is InChI=1S/C25H25ClN4O3S2/c1-2-33-21-10-5-17(16-20(21)26)23(31)28-25(34)27-18-6-8-19(9-7-18)29-11-13-30(14-12-29)24(32)22-4-3-15-35-22/h3-10,15-16H,2,11-14H2,1H3,(H2,27,28,31,34). The second-order valence-electron chi connectivity index (χ2n) is 7.79. The molecule has 0 atom stereocenters. The zero-order valence-electron chi connectivity index (χ0n) is 19.1. The first kappa shape index (κ1) is 25.0. The molecule has 2 N–H and O–H groups in total. The van der Waals surface area contributed by atoms with E-state index in [1.165, 1.54) is 11.3 Å². The molecule has 1 aromatic heterocycles. The van der Waals surface area contributed by atoms with E-state index in [-0.39, 0.29) is 16.9 Å². The topological polar surface area (TPSA) is 73.9 Å². The highest BCUT2D eigenvalue weighted by Gasteiger charge is 2.22. The molecule has 182 valence electrons. The van der Waals surface area contributed by atoms with E-state index in [1.807, 2.05) is 53.6 Å². The average molecular weight is 529 g/mol. The Kier molecular flexibility index (Phi) is 8.22. The number of piperazine rings is 1. The third-order valence-corrected chi connectivity index (χ3v) is 6.87. The number of thiocarbonyl (C=S) groups is 1. The van der Waals surface area contributed by atoms with Crippen LogP contribution in [0, 0.1) is 0 Å². The van der Waals surface area contributed by atoms with Crippen LogP contribution in [0.25, 0.3) is 0 Å². The quantitative estimate of drug-likeness (QED) is 0.444. The number of thiophene rings is 1. The van der Waals surface area contributed by atoms with Crippen LogP contribution >= 0.6 is 35.2 Å². The van der Waals surface area contributed by atoms with Crippen molar-refractivity contribution in [2.24, 2.45) is 0 Å². The van der Waals surface area contributed by atoms with Gasteiger partial charge in [0.05, 0.1) is 16.5 Å². The highest BCUT2D eigenvalue weighted by molar-refractivity contribution is 7.80. The van der Waals surface area contributed by atoms with E-state index >= 15 is 0 Å². The Bertz CT molecular complexity index is 1190. The second kappa shape index (κ2) is 11.5. The molecule has 0 aliphatic carbocycles. The first-order valence-electron chi connectivity index (χ1n) is 11.2. The van der Waals surface area contributed by atoms with Crippen LogP contribution in [-0.4, -0.2) is 54.6 Å². The van der Waals surface area contributed by atoms with Crippen molar-refractivity contribution in [3.05, 3.63) is 75.4 Å². The number of hydrogen-bond acceptors (Lipinski definition) is 6. The van der Waals surface area contributed by atoms with Crippen molar-refractivity contribution < 1.29 is 14.3 Å². The van der Waals surface area contributed by atoms with E-state index in [1.54, 1.807) is 18.2 Å². The molecule has 0 spiro atoms. The fourth-order valence-corrected chi connectivity index (χ4v) is 4.87. The Morgan fingerprint density at radius 2 is 1.83 bits per heavy atom. The molecule has 2 heterocycles. The number of nitrogens with zero attached hydrogens (tertiary/aromatic N) is 2. The number of nitrogens with one attached hydrogen (secondary N) is 2. The summed E-state index contributed by atoms with van der Waals surface area (Å²) in [6.45, 7) is 5.25. The van der Waals surface area contributed by atoms with Crippen molar-refractivity contribution in [3.63, 3.8) is 0 Å². The molecule has 4 rings (SSSR count). The number of amides is 2. The van der Waals surface area contributed by atoms with Gasteiger partial charge < -0.3 is 19.9 Å². The van der Waals surface area contributed by atoms with Crippen LogP contribution in [0.3, 0.4) is 0 Å². The number of benzene rings is 2. The van der Waals surface area contributed by atoms with Gasteiger partial charge in [-0.25, -0.2) is 0 Å². The zero-order chi connectivity index (χ0) is 24.8. The van der Waals surface area contributed by atoms with E-state index in [2.05, 4.69) is 15.5 Å². The predicted octanol–water partition coefficient (Wildman–Crippen LogP) is 4.89.